The van der Waals surface area contributed by atoms with Crippen LogP contribution in [0.25, 0.3) is 0 Å². The summed E-state index contributed by atoms with van der Waals surface area (Å²) in [5, 5.41) is 3.48. The quantitative estimate of drug-likeness (QED) is 0.849. The molecule has 0 radical (unpaired) electrons. The summed E-state index contributed by atoms with van der Waals surface area (Å²) >= 11 is 5.88. The van der Waals surface area contributed by atoms with E-state index in [4.69, 9.17) is 11.6 Å². The molecule has 0 spiro atoms. The first-order chi connectivity index (χ1) is 10.6. The summed E-state index contributed by atoms with van der Waals surface area (Å²) in [7, 11) is 0. The third-order valence-electron chi connectivity index (χ3n) is 3.72. The Balaban J connectivity index is 1.76. The van der Waals surface area contributed by atoms with Gasteiger partial charge in [-0.15, -0.1) is 0 Å². The number of hydrogen-bond acceptors (Lipinski definition) is 2. The van der Waals surface area contributed by atoms with Gasteiger partial charge in [0.15, 0.2) is 0 Å². The molecule has 0 aliphatic carbocycles. The molecule has 0 saturated carbocycles. The molecular weight excluding hydrogens is 300 g/mol. The minimum Gasteiger partial charge on any atom is -0.345 e. The number of amides is 2. The molecule has 5 heteroatoms. The van der Waals surface area contributed by atoms with Crippen LogP contribution in [0.2, 0.25) is 5.02 Å². The van der Waals surface area contributed by atoms with E-state index in [2.05, 4.69) is 17.2 Å². The molecule has 1 heterocycles. The lowest BCUT2D eigenvalue weighted by Crippen LogP contribution is -2.42. The molecule has 1 aliphatic heterocycles. The van der Waals surface area contributed by atoms with Gasteiger partial charge in [0.25, 0.3) is 0 Å². The second-order valence-electron chi connectivity index (χ2n) is 5.31. The van der Waals surface area contributed by atoms with Crippen LogP contribution in [0.4, 0.5) is 0 Å². The summed E-state index contributed by atoms with van der Waals surface area (Å²) in [6.07, 6.45) is 1.43. The molecule has 0 aromatic heterocycles. The highest BCUT2D eigenvalue weighted by atomic mass is 35.5. The average molecular weight is 319 g/mol. The van der Waals surface area contributed by atoms with Crippen LogP contribution in [0.3, 0.4) is 0 Å². The van der Waals surface area contributed by atoms with Gasteiger partial charge >= 0.3 is 0 Å². The zero-order valence-corrected chi connectivity index (χ0v) is 13.3. The Morgan fingerprint density at radius 2 is 2.09 bits per heavy atom. The van der Waals surface area contributed by atoms with E-state index in [1.54, 1.807) is 24.0 Å². The fraction of sp³-hybridized carbons (Fsp3) is 0.412. The molecule has 0 bridgehead atoms. The van der Waals surface area contributed by atoms with Crippen LogP contribution < -0.4 is 5.32 Å². The zero-order valence-electron chi connectivity index (χ0n) is 12.6. The molecule has 2 rings (SSSR count). The second kappa shape index (κ2) is 7.86. The number of likely N-dealkylation sites (tertiary alicyclic amines) is 1. The van der Waals surface area contributed by atoms with Crippen molar-refractivity contribution in [2.45, 2.75) is 19.8 Å². The fourth-order valence-corrected chi connectivity index (χ4v) is 2.63. The molecule has 1 aromatic carbocycles. The minimum atomic E-state index is -0.0245. The van der Waals surface area contributed by atoms with Crippen molar-refractivity contribution in [3.63, 3.8) is 0 Å². The largest absolute Gasteiger partial charge is 0.345 e. The maximum atomic E-state index is 12.0. The van der Waals surface area contributed by atoms with Crippen molar-refractivity contribution in [2.24, 2.45) is 5.92 Å². The molecule has 1 N–H and O–H groups in total. The highest BCUT2D eigenvalue weighted by molar-refractivity contribution is 6.30. The van der Waals surface area contributed by atoms with E-state index in [1.807, 2.05) is 12.1 Å². The van der Waals surface area contributed by atoms with E-state index in [0.29, 0.717) is 37.5 Å². The second-order valence-corrected chi connectivity index (χ2v) is 5.75. The Kier molecular flexibility index (Phi) is 5.85. The summed E-state index contributed by atoms with van der Waals surface area (Å²) in [5.41, 5.74) is 0.830. The van der Waals surface area contributed by atoms with E-state index in [0.717, 1.165) is 5.56 Å². The number of nitrogens with zero attached hydrogens (tertiary/aromatic N) is 1. The Bertz CT molecular complexity index is 611. The van der Waals surface area contributed by atoms with Gasteiger partial charge < -0.3 is 10.2 Å². The number of rotatable bonds is 2. The van der Waals surface area contributed by atoms with Crippen molar-refractivity contribution >= 4 is 23.4 Å². The first-order valence-electron chi connectivity index (χ1n) is 7.34. The van der Waals surface area contributed by atoms with E-state index >= 15 is 0 Å². The Morgan fingerprint density at radius 3 is 2.73 bits per heavy atom. The summed E-state index contributed by atoms with van der Waals surface area (Å²) < 4.78 is 0. The molecule has 1 fully saturated rings. The summed E-state index contributed by atoms with van der Waals surface area (Å²) in [5.74, 6) is 5.95. The van der Waals surface area contributed by atoms with Crippen molar-refractivity contribution in [2.75, 3.05) is 19.6 Å². The van der Waals surface area contributed by atoms with Crippen LogP contribution in [-0.2, 0) is 9.59 Å². The predicted octanol–water partition coefficient (Wildman–Crippen LogP) is 2.07. The van der Waals surface area contributed by atoms with E-state index < -0.39 is 0 Å². The molecule has 0 atom stereocenters. The standard InChI is InChI=1S/C17H19ClN2O2/c1-13(21)20-10-7-15(8-11-20)17(22)19-9-3-5-14-4-2-6-16(18)12-14/h2,4,6,12,15H,7-11H2,1H3,(H,19,22). The topological polar surface area (TPSA) is 49.4 Å². The lowest BCUT2D eigenvalue weighted by atomic mass is 9.96. The van der Waals surface area contributed by atoms with Crippen LogP contribution in [0.5, 0.6) is 0 Å². The number of nitrogens with one attached hydrogen (secondary N) is 1. The molecular formula is C17H19ClN2O2. The SMILES string of the molecule is CC(=O)N1CCC(C(=O)NCC#Cc2cccc(Cl)c2)CC1. The van der Waals surface area contributed by atoms with Crippen molar-refractivity contribution < 1.29 is 9.59 Å². The molecule has 1 aliphatic rings. The van der Waals surface area contributed by atoms with Gasteiger partial charge in [0.05, 0.1) is 6.54 Å². The highest BCUT2D eigenvalue weighted by Crippen LogP contribution is 2.17. The normalized spacial score (nSPS) is 14.9. The van der Waals surface area contributed by atoms with Gasteiger partial charge in [-0.05, 0) is 31.0 Å². The van der Waals surface area contributed by atoms with Gasteiger partial charge in [-0.25, -0.2) is 0 Å². The van der Waals surface area contributed by atoms with Crippen molar-refractivity contribution in [1.82, 2.24) is 10.2 Å². The maximum absolute atomic E-state index is 12.0. The minimum absolute atomic E-state index is 0.0172. The fourth-order valence-electron chi connectivity index (χ4n) is 2.44. The Labute approximate surface area is 135 Å². The molecule has 4 nitrogen and oxygen atoms in total. The monoisotopic (exact) mass is 318 g/mol. The Hall–Kier alpha value is -1.99. The van der Waals surface area contributed by atoms with E-state index in [1.165, 1.54) is 0 Å². The molecule has 1 saturated heterocycles. The van der Waals surface area contributed by atoms with Crippen LogP contribution in [0.15, 0.2) is 24.3 Å². The molecule has 2 amide bonds. The summed E-state index contributed by atoms with van der Waals surface area (Å²) in [4.78, 5) is 25.1. The number of piperidine rings is 1. The maximum Gasteiger partial charge on any atom is 0.223 e. The van der Waals surface area contributed by atoms with Gasteiger partial charge in [0.1, 0.15) is 0 Å². The van der Waals surface area contributed by atoms with Crippen molar-refractivity contribution in [1.29, 1.82) is 0 Å². The summed E-state index contributed by atoms with van der Waals surface area (Å²) in [6, 6.07) is 7.29. The lowest BCUT2D eigenvalue weighted by Gasteiger charge is -2.30. The van der Waals surface area contributed by atoms with Gasteiger partial charge in [0, 0.05) is 36.5 Å². The van der Waals surface area contributed by atoms with Gasteiger partial charge in [-0.1, -0.05) is 29.5 Å². The third-order valence-corrected chi connectivity index (χ3v) is 3.95. The van der Waals surface area contributed by atoms with Crippen LogP contribution in [0.1, 0.15) is 25.3 Å². The number of hydrogen-bond donors (Lipinski definition) is 1. The van der Waals surface area contributed by atoms with Crippen molar-refractivity contribution in [3.05, 3.63) is 34.9 Å². The number of carbonyl (C=O) groups is 2. The molecule has 22 heavy (non-hydrogen) atoms. The molecule has 116 valence electrons. The Morgan fingerprint density at radius 1 is 1.36 bits per heavy atom. The predicted molar refractivity (Wildman–Crippen MR) is 86.3 cm³/mol. The van der Waals surface area contributed by atoms with Gasteiger partial charge in [-0.3, -0.25) is 9.59 Å². The van der Waals surface area contributed by atoms with E-state index in [9.17, 15) is 9.59 Å². The summed E-state index contributed by atoms with van der Waals surface area (Å²) in [6.45, 7) is 3.19. The zero-order chi connectivity index (χ0) is 15.9. The average Bonchev–Trinajstić information content (AvgIpc) is 2.51. The first kappa shape index (κ1) is 16.4. The highest BCUT2D eigenvalue weighted by Gasteiger charge is 2.25. The first-order valence-corrected chi connectivity index (χ1v) is 7.71. The number of halogens is 1. The van der Waals surface area contributed by atoms with E-state index in [-0.39, 0.29) is 17.7 Å². The lowest BCUT2D eigenvalue weighted by molar-refractivity contribution is -0.133. The molecule has 0 unspecified atom stereocenters. The number of benzene rings is 1. The van der Waals surface area contributed by atoms with Gasteiger partial charge in [-0.2, -0.15) is 0 Å². The van der Waals surface area contributed by atoms with Crippen molar-refractivity contribution in [3.8, 4) is 11.8 Å². The third kappa shape index (κ3) is 4.78. The van der Waals surface area contributed by atoms with Crippen LogP contribution in [0, 0.1) is 17.8 Å². The van der Waals surface area contributed by atoms with Crippen LogP contribution >= 0.6 is 11.6 Å². The number of carbonyl (C=O) groups excluding carboxylic acids is 2. The van der Waals surface area contributed by atoms with Gasteiger partial charge in [0.2, 0.25) is 11.8 Å². The smallest absolute Gasteiger partial charge is 0.223 e. The molecule has 1 aromatic rings. The van der Waals surface area contributed by atoms with Crippen LogP contribution in [-0.4, -0.2) is 36.3 Å².